The van der Waals surface area contributed by atoms with E-state index in [2.05, 4.69) is 37.1 Å². The number of piperazine rings is 1. The van der Waals surface area contributed by atoms with Crippen LogP contribution in [0.4, 0.5) is 5.69 Å². The van der Waals surface area contributed by atoms with E-state index in [0.717, 1.165) is 32.6 Å². The molecule has 2 aromatic rings. The molecular formula is C19H27N5. The van der Waals surface area contributed by atoms with Crippen molar-refractivity contribution in [2.75, 3.05) is 37.6 Å². The number of aromatic amines is 1. The van der Waals surface area contributed by atoms with Crippen molar-refractivity contribution in [3.05, 3.63) is 41.5 Å². The first-order chi connectivity index (χ1) is 11.9. The Morgan fingerprint density at radius 2 is 1.79 bits per heavy atom. The molecule has 0 radical (unpaired) electrons. The van der Waals surface area contributed by atoms with Crippen molar-refractivity contribution >= 4 is 5.69 Å². The molecule has 1 aliphatic carbocycles. The summed E-state index contributed by atoms with van der Waals surface area (Å²) in [4.78, 5) is 9.16. The minimum absolute atomic E-state index is 1.11. The third kappa shape index (κ3) is 3.46. The molecule has 0 bridgehead atoms. The zero-order chi connectivity index (χ0) is 16.2. The van der Waals surface area contributed by atoms with Gasteiger partial charge in [0.25, 0.3) is 0 Å². The number of fused-ring (bicyclic) bond motifs is 1. The first kappa shape index (κ1) is 15.6. The standard InChI is InChI=1S/C19H27N5/c1-2-5-18-17(4-1)19(22-21-18)6-3-11-23-12-14-24(15-13-23)16-7-9-20-10-8-16/h7-10H,1-6,11-15H2,(H,21,22). The molecule has 4 rings (SSSR count). The average molecular weight is 325 g/mol. The summed E-state index contributed by atoms with van der Waals surface area (Å²) in [7, 11) is 0. The van der Waals surface area contributed by atoms with Crippen LogP contribution >= 0.6 is 0 Å². The Morgan fingerprint density at radius 3 is 2.62 bits per heavy atom. The largest absolute Gasteiger partial charge is 0.369 e. The van der Waals surface area contributed by atoms with Gasteiger partial charge in [0.05, 0.1) is 5.69 Å². The average Bonchev–Trinajstić information content (AvgIpc) is 3.06. The van der Waals surface area contributed by atoms with Crippen molar-refractivity contribution in [1.29, 1.82) is 0 Å². The van der Waals surface area contributed by atoms with E-state index in [9.17, 15) is 0 Å². The summed E-state index contributed by atoms with van der Waals surface area (Å²) in [5.41, 5.74) is 5.57. The lowest BCUT2D eigenvalue weighted by Crippen LogP contribution is -2.46. The Kier molecular flexibility index (Phi) is 4.78. The topological polar surface area (TPSA) is 48.0 Å². The van der Waals surface area contributed by atoms with Gasteiger partial charge < -0.3 is 4.90 Å². The first-order valence-corrected chi connectivity index (χ1v) is 9.32. The number of rotatable bonds is 5. The van der Waals surface area contributed by atoms with Crippen molar-refractivity contribution < 1.29 is 0 Å². The predicted octanol–water partition coefficient (Wildman–Crippen LogP) is 2.44. The minimum atomic E-state index is 1.11. The smallest absolute Gasteiger partial charge is 0.0657 e. The highest BCUT2D eigenvalue weighted by Gasteiger charge is 2.19. The van der Waals surface area contributed by atoms with Gasteiger partial charge in [0, 0.05) is 50.0 Å². The Morgan fingerprint density at radius 1 is 1.00 bits per heavy atom. The Labute approximate surface area is 144 Å². The van der Waals surface area contributed by atoms with Crippen LogP contribution in [0.15, 0.2) is 24.5 Å². The molecule has 0 aromatic carbocycles. The molecule has 128 valence electrons. The highest BCUT2D eigenvalue weighted by molar-refractivity contribution is 5.44. The van der Waals surface area contributed by atoms with Gasteiger partial charge in [-0.3, -0.25) is 15.0 Å². The van der Waals surface area contributed by atoms with E-state index in [1.54, 1.807) is 0 Å². The van der Waals surface area contributed by atoms with Gasteiger partial charge in [-0.1, -0.05) is 0 Å². The number of H-pyrrole nitrogens is 1. The molecule has 24 heavy (non-hydrogen) atoms. The van der Waals surface area contributed by atoms with E-state index in [1.165, 1.54) is 61.3 Å². The van der Waals surface area contributed by atoms with Crippen LogP contribution in [0.2, 0.25) is 0 Å². The second kappa shape index (κ2) is 7.34. The lowest BCUT2D eigenvalue weighted by molar-refractivity contribution is 0.255. The van der Waals surface area contributed by atoms with E-state index >= 15 is 0 Å². The molecule has 0 unspecified atom stereocenters. The fourth-order valence-corrected chi connectivity index (χ4v) is 4.01. The number of hydrogen-bond acceptors (Lipinski definition) is 4. The van der Waals surface area contributed by atoms with E-state index in [0.29, 0.717) is 0 Å². The van der Waals surface area contributed by atoms with Gasteiger partial charge >= 0.3 is 0 Å². The lowest BCUT2D eigenvalue weighted by atomic mass is 9.94. The SMILES string of the molecule is c1cc(N2CCN(CCCc3n[nH]c4c3CCCC4)CC2)ccn1. The lowest BCUT2D eigenvalue weighted by Gasteiger charge is -2.36. The summed E-state index contributed by atoms with van der Waals surface area (Å²) < 4.78 is 0. The number of pyridine rings is 1. The van der Waals surface area contributed by atoms with Crippen LogP contribution in [0.3, 0.4) is 0 Å². The van der Waals surface area contributed by atoms with E-state index in [4.69, 9.17) is 0 Å². The predicted molar refractivity (Wildman–Crippen MR) is 96.4 cm³/mol. The maximum absolute atomic E-state index is 4.57. The van der Waals surface area contributed by atoms with Gasteiger partial charge in [-0.25, -0.2) is 0 Å². The van der Waals surface area contributed by atoms with Crippen molar-refractivity contribution in [2.45, 2.75) is 38.5 Å². The summed E-state index contributed by atoms with van der Waals surface area (Å²) in [5, 5.41) is 7.84. The van der Waals surface area contributed by atoms with Gasteiger partial charge in [0.1, 0.15) is 0 Å². The second-order valence-corrected chi connectivity index (χ2v) is 6.97. The fraction of sp³-hybridized carbons (Fsp3) is 0.579. The highest BCUT2D eigenvalue weighted by Crippen LogP contribution is 2.23. The molecule has 5 heteroatoms. The van der Waals surface area contributed by atoms with E-state index < -0.39 is 0 Å². The van der Waals surface area contributed by atoms with Crippen molar-refractivity contribution in [3.8, 4) is 0 Å². The summed E-state index contributed by atoms with van der Waals surface area (Å²) in [6.45, 7) is 5.72. The second-order valence-electron chi connectivity index (χ2n) is 6.97. The molecular weight excluding hydrogens is 298 g/mol. The Hall–Kier alpha value is -1.88. The minimum Gasteiger partial charge on any atom is -0.369 e. The van der Waals surface area contributed by atoms with Gasteiger partial charge in [-0.05, 0) is 62.8 Å². The maximum Gasteiger partial charge on any atom is 0.0657 e. The van der Waals surface area contributed by atoms with Crippen molar-refractivity contribution in [3.63, 3.8) is 0 Å². The van der Waals surface area contributed by atoms with E-state index in [-0.39, 0.29) is 0 Å². The summed E-state index contributed by atoms with van der Waals surface area (Å²) >= 11 is 0. The van der Waals surface area contributed by atoms with Crippen LogP contribution < -0.4 is 4.90 Å². The van der Waals surface area contributed by atoms with Crippen LogP contribution in [0.25, 0.3) is 0 Å². The monoisotopic (exact) mass is 325 g/mol. The summed E-state index contributed by atoms with van der Waals surface area (Å²) in [6, 6.07) is 4.22. The molecule has 1 fully saturated rings. The van der Waals surface area contributed by atoms with Crippen LogP contribution in [-0.2, 0) is 19.3 Å². The van der Waals surface area contributed by atoms with Crippen LogP contribution in [0.1, 0.15) is 36.2 Å². The number of anilines is 1. The van der Waals surface area contributed by atoms with Crippen molar-refractivity contribution in [2.24, 2.45) is 0 Å². The van der Waals surface area contributed by atoms with Crippen LogP contribution in [0, 0.1) is 0 Å². The van der Waals surface area contributed by atoms with Gasteiger partial charge in [-0.2, -0.15) is 5.10 Å². The van der Waals surface area contributed by atoms with Crippen molar-refractivity contribution in [1.82, 2.24) is 20.1 Å². The highest BCUT2D eigenvalue weighted by atomic mass is 15.3. The Balaban J connectivity index is 1.23. The molecule has 0 spiro atoms. The fourth-order valence-electron chi connectivity index (χ4n) is 4.01. The van der Waals surface area contributed by atoms with Gasteiger partial charge in [0.2, 0.25) is 0 Å². The van der Waals surface area contributed by atoms with Crippen LogP contribution in [-0.4, -0.2) is 52.8 Å². The molecule has 1 N–H and O–H groups in total. The number of nitrogens with zero attached hydrogens (tertiary/aromatic N) is 4. The van der Waals surface area contributed by atoms with Crippen LogP contribution in [0.5, 0.6) is 0 Å². The molecule has 3 heterocycles. The third-order valence-corrected chi connectivity index (χ3v) is 5.43. The van der Waals surface area contributed by atoms with Gasteiger partial charge in [-0.15, -0.1) is 0 Å². The number of aromatic nitrogens is 3. The first-order valence-electron chi connectivity index (χ1n) is 9.32. The van der Waals surface area contributed by atoms with Gasteiger partial charge in [0.15, 0.2) is 0 Å². The quantitative estimate of drug-likeness (QED) is 0.917. The zero-order valence-corrected chi connectivity index (χ0v) is 14.4. The molecule has 2 aromatic heterocycles. The molecule has 0 amide bonds. The zero-order valence-electron chi connectivity index (χ0n) is 14.4. The molecule has 2 aliphatic rings. The Bertz CT molecular complexity index is 643. The summed E-state index contributed by atoms with van der Waals surface area (Å²) in [5.74, 6) is 0. The molecule has 5 nitrogen and oxygen atoms in total. The number of aryl methyl sites for hydroxylation is 2. The summed E-state index contributed by atoms with van der Waals surface area (Å²) in [6.07, 6.45) is 11.2. The number of hydrogen-bond donors (Lipinski definition) is 1. The van der Waals surface area contributed by atoms with E-state index in [1.807, 2.05) is 12.4 Å². The molecule has 1 aliphatic heterocycles. The molecule has 1 saturated heterocycles. The molecule has 0 atom stereocenters. The normalized spacial score (nSPS) is 18.6. The molecule has 0 saturated carbocycles. The maximum atomic E-state index is 4.57. The number of nitrogens with one attached hydrogen (secondary N) is 1. The third-order valence-electron chi connectivity index (χ3n) is 5.43.